The number of hydrogen-bond donors (Lipinski definition) is 1. The van der Waals surface area contributed by atoms with E-state index in [2.05, 4.69) is 6.92 Å². The summed E-state index contributed by atoms with van der Waals surface area (Å²) >= 11 is 0. The SMILES string of the molecule is CCCCCc1ccc(C(=O)CCCCC(=O)O)cc1. The van der Waals surface area contributed by atoms with Gasteiger partial charge in [-0.3, -0.25) is 9.59 Å². The number of carboxylic acids is 1. The molecule has 1 N–H and O–H groups in total. The van der Waals surface area contributed by atoms with Crippen LogP contribution in [0.25, 0.3) is 0 Å². The Bertz CT molecular complexity index is 420. The summed E-state index contributed by atoms with van der Waals surface area (Å²) in [7, 11) is 0. The van der Waals surface area contributed by atoms with Crippen molar-refractivity contribution in [2.24, 2.45) is 0 Å². The maximum absolute atomic E-state index is 11.9. The minimum atomic E-state index is -0.797. The van der Waals surface area contributed by atoms with Gasteiger partial charge in [0.05, 0.1) is 0 Å². The zero-order valence-electron chi connectivity index (χ0n) is 12.2. The van der Waals surface area contributed by atoms with Crippen molar-refractivity contribution in [3.63, 3.8) is 0 Å². The molecule has 3 nitrogen and oxygen atoms in total. The van der Waals surface area contributed by atoms with Crippen molar-refractivity contribution in [1.82, 2.24) is 0 Å². The fraction of sp³-hybridized carbons (Fsp3) is 0.529. The van der Waals surface area contributed by atoms with Gasteiger partial charge < -0.3 is 5.11 Å². The smallest absolute Gasteiger partial charge is 0.303 e. The molecule has 0 aliphatic rings. The van der Waals surface area contributed by atoms with E-state index >= 15 is 0 Å². The lowest BCUT2D eigenvalue weighted by atomic mass is 10.0. The Hall–Kier alpha value is -1.64. The highest BCUT2D eigenvalue weighted by molar-refractivity contribution is 5.96. The third kappa shape index (κ3) is 6.50. The minimum absolute atomic E-state index is 0.107. The van der Waals surface area contributed by atoms with Crippen LogP contribution in [0.4, 0.5) is 0 Å². The average molecular weight is 276 g/mol. The van der Waals surface area contributed by atoms with E-state index in [4.69, 9.17) is 5.11 Å². The van der Waals surface area contributed by atoms with Crippen molar-refractivity contribution in [2.45, 2.75) is 58.3 Å². The molecule has 0 bridgehead atoms. The van der Waals surface area contributed by atoms with Gasteiger partial charge in [0.2, 0.25) is 0 Å². The number of rotatable bonds is 10. The lowest BCUT2D eigenvalue weighted by Crippen LogP contribution is -2.00. The predicted molar refractivity (Wildman–Crippen MR) is 80.1 cm³/mol. The molecule has 20 heavy (non-hydrogen) atoms. The summed E-state index contributed by atoms with van der Waals surface area (Å²) in [5.74, 6) is -0.690. The van der Waals surface area contributed by atoms with Crippen molar-refractivity contribution >= 4 is 11.8 Å². The summed E-state index contributed by atoms with van der Waals surface area (Å²) in [6, 6.07) is 7.84. The number of carbonyl (C=O) groups excluding carboxylic acids is 1. The first-order chi connectivity index (χ1) is 9.63. The summed E-state index contributed by atoms with van der Waals surface area (Å²) in [6.45, 7) is 2.19. The molecule has 0 atom stereocenters. The van der Waals surface area contributed by atoms with Gasteiger partial charge in [-0.25, -0.2) is 0 Å². The average Bonchev–Trinajstić information content (AvgIpc) is 2.44. The zero-order valence-corrected chi connectivity index (χ0v) is 12.2. The molecule has 0 spiro atoms. The molecule has 0 amide bonds. The molecule has 0 unspecified atom stereocenters. The molecular formula is C17H24O3. The van der Waals surface area contributed by atoms with E-state index in [0.29, 0.717) is 19.3 Å². The highest BCUT2D eigenvalue weighted by Crippen LogP contribution is 2.12. The number of unbranched alkanes of at least 4 members (excludes halogenated alkanes) is 3. The second kappa shape index (κ2) is 9.29. The molecule has 0 aliphatic carbocycles. The fourth-order valence-corrected chi connectivity index (χ4v) is 2.14. The van der Waals surface area contributed by atoms with Crippen LogP contribution in [0.2, 0.25) is 0 Å². The minimum Gasteiger partial charge on any atom is -0.481 e. The molecule has 0 saturated carbocycles. The Morgan fingerprint density at radius 1 is 0.950 bits per heavy atom. The Balaban J connectivity index is 2.35. The normalized spacial score (nSPS) is 10.4. The molecule has 0 fully saturated rings. The topological polar surface area (TPSA) is 54.4 Å². The molecule has 3 heteroatoms. The summed E-state index contributed by atoms with van der Waals surface area (Å²) in [5, 5.41) is 8.53. The number of ketones is 1. The lowest BCUT2D eigenvalue weighted by Gasteiger charge is -2.04. The number of Topliss-reactive ketones (excluding diaryl/α,β-unsaturated/α-hetero) is 1. The van der Waals surface area contributed by atoms with E-state index in [0.717, 1.165) is 12.0 Å². The van der Waals surface area contributed by atoms with Crippen molar-refractivity contribution in [1.29, 1.82) is 0 Å². The Labute approximate surface area is 121 Å². The van der Waals surface area contributed by atoms with Crippen LogP contribution in [0.1, 0.15) is 67.8 Å². The van der Waals surface area contributed by atoms with Gasteiger partial charge in [-0.2, -0.15) is 0 Å². The van der Waals surface area contributed by atoms with Crippen LogP contribution in [0.5, 0.6) is 0 Å². The van der Waals surface area contributed by atoms with Gasteiger partial charge in [0.25, 0.3) is 0 Å². The Kier molecular flexibility index (Phi) is 7.63. The van der Waals surface area contributed by atoms with Crippen LogP contribution >= 0.6 is 0 Å². The zero-order chi connectivity index (χ0) is 14.8. The fourth-order valence-electron chi connectivity index (χ4n) is 2.14. The lowest BCUT2D eigenvalue weighted by molar-refractivity contribution is -0.137. The van der Waals surface area contributed by atoms with Gasteiger partial charge in [0.1, 0.15) is 0 Å². The third-order valence-corrected chi connectivity index (χ3v) is 3.39. The predicted octanol–water partition coefficient (Wildman–Crippen LogP) is 4.25. The van der Waals surface area contributed by atoms with Gasteiger partial charge in [-0.1, -0.05) is 44.0 Å². The molecule has 0 heterocycles. The monoisotopic (exact) mass is 276 g/mol. The number of hydrogen-bond acceptors (Lipinski definition) is 2. The first kappa shape index (κ1) is 16.4. The second-order valence-corrected chi connectivity index (χ2v) is 5.18. The van der Waals surface area contributed by atoms with Crippen LogP contribution in [0.3, 0.4) is 0 Å². The van der Waals surface area contributed by atoms with Gasteiger partial charge >= 0.3 is 5.97 Å². The van der Waals surface area contributed by atoms with Gasteiger partial charge in [-0.05, 0) is 31.2 Å². The largest absolute Gasteiger partial charge is 0.481 e. The van der Waals surface area contributed by atoms with E-state index in [-0.39, 0.29) is 12.2 Å². The standard InChI is InChI=1S/C17H24O3/c1-2-3-4-7-14-10-12-15(13-11-14)16(18)8-5-6-9-17(19)20/h10-13H,2-9H2,1H3,(H,19,20). The maximum atomic E-state index is 11.9. The third-order valence-electron chi connectivity index (χ3n) is 3.39. The second-order valence-electron chi connectivity index (χ2n) is 5.18. The molecule has 0 aliphatic heterocycles. The van der Waals surface area contributed by atoms with Crippen molar-refractivity contribution in [3.05, 3.63) is 35.4 Å². The number of benzene rings is 1. The molecular weight excluding hydrogens is 252 g/mol. The molecule has 1 rings (SSSR count). The molecule has 0 radical (unpaired) electrons. The number of aliphatic carboxylic acids is 1. The van der Waals surface area contributed by atoms with Crippen LogP contribution in [-0.2, 0) is 11.2 Å². The first-order valence-corrected chi connectivity index (χ1v) is 7.47. The Morgan fingerprint density at radius 2 is 1.60 bits per heavy atom. The number of carboxylic acid groups (broad SMARTS) is 1. The molecule has 1 aromatic carbocycles. The van der Waals surface area contributed by atoms with Crippen molar-refractivity contribution < 1.29 is 14.7 Å². The van der Waals surface area contributed by atoms with E-state index in [1.165, 1.54) is 24.8 Å². The summed E-state index contributed by atoms with van der Waals surface area (Å²) in [4.78, 5) is 22.3. The van der Waals surface area contributed by atoms with Gasteiger partial charge in [0, 0.05) is 18.4 Å². The van der Waals surface area contributed by atoms with E-state index in [9.17, 15) is 9.59 Å². The van der Waals surface area contributed by atoms with E-state index in [1.54, 1.807) is 0 Å². The maximum Gasteiger partial charge on any atom is 0.303 e. The molecule has 1 aromatic rings. The molecule has 0 aromatic heterocycles. The van der Waals surface area contributed by atoms with Crippen molar-refractivity contribution in [3.8, 4) is 0 Å². The van der Waals surface area contributed by atoms with Crippen molar-refractivity contribution in [2.75, 3.05) is 0 Å². The first-order valence-electron chi connectivity index (χ1n) is 7.47. The van der Waals surface area contributed by atoms with E-state index in [1.807, 2.05) is 24.3 Å². The summed E-state index contributed by atoms with van der Waals surface area (Å²) in [5.41, 5.74) is 2.01. The van der Waals surface area contributed by atoms with Crippen LogP contribution < -0.4 is 0 Å². The van der Waals surface area contributed by atoms with E-state index < -0.39 is 5.97 Å². The molecule has 110 valence electrons. The van der Waals surface area contributed by atoms with Gasteiger partial charge in [0.15, 0.2) is 5.78 Å². The van der Waals surface area contributed by atoms with Crippen LogP contribution in [0, 0.1) is 0 Å². The number of carbonyl (C=O) groups is 2. The highest BCUT2D eigenvalue weighted by atomic mass is 16.4. The Morgan fingerprint density at radius 3 is 2.20 bits per heavy atom. The molecule has 0 saturated heterocycles. The van der Waals surface area contributed by atoms with Crippen LogP contribution in [-0.4, -0.2) is 16.9 Å². The quantitative estimate of drug-likeness (QED) is 0.513. The van der Waals surface area contributed by atoms with Gasteiger partial charge in [-0.15, -0.1) is 0 Å². The summed E-state index contributed by atoms with van der Waals surface area (Å²) < 4.78 is 0. The van der Waals surface area contributed by atoms with Crippen LogP contribution in [0.15, 0.2) is 24.3 Å². The highest BCUT2D eigenvalue weighted by Gasteiger charge is 2.06. The summed E-state index contributed by atoms with van der Waals surface area (Å²) in [6.07, 6.45) is 6.50. The number of aryl methyl sites for hydroxylation is 1.